The van der Waals surface area contributed by atoms with Gasteiger partial charge in [-0.25, -0.2) is 0 Å². The van der Waals surface area contributed by atoms with Crippen molar-refractivity contribution >= 4 is 17.4 Å². The Hall–Kier alpha value is -0.670. The molecular weight excluding hydrogens is 240 g/mol. The van der Waals surface area contributed by atoms with Gasteiger partial charge in [0, 0.05) is 30.6 Å². The Morgan fingerprint density at radius 2 is 1.89 bits per heavy atom. The maximum atomic E-state index is 6.22. The van der Waals surface area contributed by atoms with Crippen LogP contribution in [0.2, 0.25) is 0 Å². The van der Waals surface area contributed by atoms with E-state index in [4.69, 9.17) is 5.73 Å². The lowest BCUT2D eigenvalue weighted by atomic mass is 10.0. The summed E-state index contributed by atoms with van der Waals surface area (Å²) < 4.78 is 0. The van der Waals surface area contributed by atoms with Gasteiger partial charge in [0.25, 0.3) is 0 Å². The number of anilines is 1. The Labute approximate surface area is 116 Å². The molecule has 0 fully saturated rings. The lowest BCUT2D eigenvalue weighted by molar-refractivity contribution is 0.653. The first kappa shape index (κ1) is 15.4. The molecular formula is C15H26N2S. The minimum atomic E-state index is 0.135. The first-order valence-electron chi connectivity index (χ1n) is 6.71. The van der Waals surface area contributed by atoms with E-state index in [-0.39, 0.29) is 6.04 Å². The second-order valence-electron chi connectivity index (χ2n) is 4.70. The van der Waals surface area contributed by atoms with Crippen LogP contribution < -0.4 is 10.6 Å². The Morgan fingerprint density at radius 3 is 2.44 bits per heavy atom. The molecule has 1 aromatic carbocycles. The summed E-state index contributed by atoms with van der Waals surface area (Å²) in [5, 5.41) is 0. The number of para-hydroxylation sites is 1. The van der Waals surface area contributed by atoms with Crippen LogP contribution in [0, 0.1) is 0 Å². The zero-order valence-electron chi connectivity index (χ0n) is 12.0. The third-order valence-electron chi connectivity index (χ3n) is 3.53. The average molecular weight is 266 g/mol. The van der Waals surface area contributed by atoms with Crippen LogP contribution in [0.25, 0.3) is 0 Å². The third-order valence-corrected chi connectivity index (χ3v) is 4.25. The van der Waals surface area contributed by atoms with Crippen molar-refractivity contribution in [3.63, 3.8) is 0 Å². The summed E-state index contributed by atoms with van der Waals surface area (Å²) in [7, 11) is 2.19. The minimum absolute atomic E-state index is 0.135. The molecule has 2 atom stereocenters. The van der Waals surface area contributed by atoms with E-state index in [0.717, 1.165) is 18.6 Å². The molecule has 1 aromatic rings. The van der Waals surface area contributed by atoms with E-state index < -0.39 is 0 Å². The number of rotatable bonds is 7. The molecule has 1 rings (SSSR count). The predicted molar refractivity (Wildman–Crippen MR) is 84.5 cm³/mol. The Kier molecular flexibility index (Phi) is 6.58. The number of hydrogen-bond acceptors (Lipinski definition) is 3. The zero-order valence-corrected chi connectivity index (χ0v) is 12.8. The summed E-state index contributed by atoms with van der Waals surface area (Å²) in [4.78, 5) is 2.39. The molecule has 0 aromatic heterocycles. The van der Waals surface area contributed by atoms with Crippen molar-refractivity contribution < 1.29 is 0 Å². The number of nitrogens with zero attached hydrogens (tertiary/aromatic N) is 1. The second-order valence-corrected chi connectivity index (χ2v) is 5.61. The van der Waals surface area contributed by atoms with Crippen LogP contribution in [-0.2, 0) is 0 Å². The van der Waals surface area contributed by atoms with Crippen molar-refractivity contribution in [1.29, 1.82) is 0 Å². The molecule has 0 saturated carbocycles. The van der Waals surface area contributed by atoms with Gasteiger partial charge < -0.3 is 10.6 Å². The van der Waals surface area contributed by atoms with Gasteiger partial charge in [-0.1, -0.05) is 32.0 Å². The molecule has 0 aliphatic rings. The van der Waals surface area contributed by atoms with E-state index in [0.29, 0.717) is 6.04 Å². The molecule has 0 spiro atoms. The minimum Gasteiger partial charge on any atom is -0.371 e. The van der Waals surface area contributed by atoms with Gasteiger partial charge in [0.2, 0.25) is 0 Å². The van der Waals surface area contributed by atoms with Crippen molar-refractivity contribution in [2.24, 2.45) is 5.73 Å². The van der Waals surface area contributed by atoms with E-state index in [1.165, 1.54) is 11.3 Å². The van der Waals surface area contributed by atoms with Crippen molar-refractivity contribution in [3.8, 4) is 0 Å². The van der Waals surface area contributed by atoms with Crippen molar-refractivity contribution in [3.05, 3.63) is 29.8 Å². The topological polar surface area (TPSA) is 29.3 Å². The molecule has 0 radical (unpaired) electrons. The van der Waals surface area contributed by atoms with Gasteiger partial charge in [-0.05, 0) is 30.7 Å². The second kappa shape index (κ2) is 7.70. The SMILES string of the molecule is CCC(CSC)N(C)c1ccccc1[C@H](N)CC. The molecule has 2 N–H and O–H groups in total. The summed E-state index contributed by atoms with van der Waals surface area (Å²) in [6, 6.07) is 9.24. The van der Waals surface area contributed by atoms with Crippen molar-refractivity contribution in [1.82, 2.24) is 0 Å². The monoisotopic (exact) mass is 266 g/mol. The summed E-state index contributed by atoms with van der Waals surface area (Å²) in [6.45, 7) is 4.39. The van der Waals surface area contributed by atoms with Gasteiger partial charge in [0.1, 0.15) is 0 Å². The zero-order chi connectivity index (χ0) is 13.5. The molecule has 1 unspecified atom stereocenters. The fourth-order valence-electron chi connectivity index (χ4n) is 2.23. The van der Waals surface area contributed by atoms with Gasteiger partial charge in [0.15, 0.2) is 0 Å². The summed E-state index contributed by atoms with van der Waals surface area (Å²) in [6.07, 6.45) is 4.30. The Balaban J connectivity index is 3.00. The lowest BCUT2D eigenvalue weighted by Crippen LogP contribution is -2.34. The summed E-state index contributed by atoms with van der Waals surface area (Å²) in [5.74, 6) is 1.16. The van der Waals surface area contributed by atoms with Crippen LogP contribution in [-0.4, -0.2) is 25.1 Å². The van der Waals surface area contributed by atoms with Crippen LogP contribution in [0.5, 0.6) is 0 Å². The lowest BCUT2D eigenvalue weighted by Gasteiger charge is -2.31. The molecule has 0 aliphatic heterocycles. The molecule has 0 heterocycles. The number of benzene rings is 1. The number of nitrogens with two attached hydrogens (primary N) is 1. The van der Waals surface area contributed by atoms with Gasteiger partial charge in [-0.3, -0.25) is 0 Å². The van der Waals surface area contributed by atoms with Gasteiger partial charge in [-0.2, -0.15) is 11.8 Å². The maximum absolute atomic E-state index is 6.22. The van der Waals surface area contributed by atoms with Gasteiger partial charge in [-0.15, -0.1) is 0 Å². The fourth-order valence-corrected chi connectivity index (χ4v) is 3.08. The molecule has 0 aliphatic carbocycles. The van der Waals surface area contributed by atoms with Crippen LogP contribution in [0.4, 0.5) is 5.69 Å². The standard InChI is InChI=1S/C15H26N2S/c1-5-12(11-18-4)17(3)15-10-8-7-9-13(15)14(16)6-2/h7-10,12,14H,5-6,11,16H2,1-4H3/t12?,14-/m1/s1. The van der Waals surface area contributed by atoms with E-state index in [2.05, 4.69) is 56.3 Å². The molecule has 18 heavy (non-hydrogen) atoms. The number of hydrogen-bond donors (Lipinski definition) is 1. The van der Waals surface area contributed by atoms with E-state index in [1.807, 2.05) is 11.8 Å². The highest BCUT2D eigenvalue weighted by Crippen LogP contribution is 2.28. The van der Waals surface area contributed by atoms with E-state index >= 15 is 0 Å². The largest absolute Gasteiger partial charge is 0.371 e. The maximum Gasteiger partial charge on any atom is 0.0414 e. The quantitative estimate of drug-likeness (QED) is 0.816. The first-order valence-corrected chi connectivity index (χ1v) is 8.11. The Morgan fingerprint density at radius 1 is 1.22 bits per heavy atom. The van der Waals surface area contributed by atoms with Gasteiger partial charge in [0.05, 0.1) is 0 Å². The van der Waals surface area contributed by atoms with Crippen LogP contribution in [0.1, 0.15) is 38.3 Å². The molecule has 2 nitrogen and oxygen atoms in total. The predicted octanol–water partition coefficient (Wildman–Crippen LogP) is 3.67. The molecule has 102 valence electrons. The van der Waals surface area contributed by atoms with E-state index in [9.17, 15) is 0 Å². The van der Waals surface area contributed by atoms with Crippen LogP contribution in [0.15, 0.2) is 24.3 Å². The smallest absolute Gasteiger partial charge is 0.0414 e. The first-order chi connectivity index (χ1) is 8.65. The highest BCUT2D eigenvalue weighted by atomic mass is 32.2. The Bertz CT molecular complexity index is 354. The van der Waals surface area contributed by atoms with Crippen molar-refractivity contribution in [2.45, 2.75) is 38.8 Å². The van der Waals surface area contributed by atoms with Crippen LogP contribution in [0.3, 0.4) is 0 Å². The molecule has 0 bridgehead atoms. The third kappa shape index (κ3) is 3.66. The molecule has 0 amide bonds. The fraction of sp³-hybridized carbons (Fsp3) is 0.600. The molecule has 0 saturated heterocycles. The van der Waals surface area contributed by atoms with Crippen LogP contribution >= 0.6 is 11.8 Å². The van der Waals surface area contributed by atoms with Crippen molar-refractivity contribution in [2.75, 3.05) is 24.0 Å². The normalized spacial score (nSPS) is 14.3. The highest BCUT2D eigenvalue weighted by molar-refractivity contribution is 7.98. The average Bonchev–Trinajstić information content (AvgIpc) is 2.43. The van der Waals surface area contributed by atoms with E-state index in [1.54, 1.807) is 0 Å². The highest BCUT2D eigenvalue weighted by Gasteiger charge is 2.17. The summed E-state index contributed by atoms with van der Waals surface area (Å²) in [5.41, 5.74) is 8.77. The van der Waals surface area contributed by atoms with Gasteiger partial charge >= 0.3 is 0 Å². The number of thioether (sulfide) groups is 1. The summed E-state index contributed by atoms with van der Waals surface area (Å²) >= 11 is 1.90. The molecule has 3 heteroatoms.